The molecule has 2 atom stereocenters. The molecule has 1 aromatic carbocycles. The summed E-state index contributed by atoms with van der Waals surface area (Å²) in [4.78, 5) is 39.4. The number of carbonyl (C=O) groups is 3. The second-order valence-electron chi connectivity index (χ2n) is 9.36. The molecule has 4 amide bonds. The predicted octanol–water partition coefficient (Wildman–Crippen LogP) is 3.15. The average molecular weight is 409 g/mol. The van der Waals surface area contributed by atoms with E-state index in [1.165, 1.54) is 0 Å². The van der Waals surface area contributed by atoms with Crippen LogP contribution in [-0.2, 0) is 9.59 Å². The summed E-state index contributed by atoms with van der Waals surface area (Å²) in [6.45, 7) is 6.03. The van der Waals surface area contributed by atoms with Crippen LogP contribution in [0.4, 0.5) is 10.5 Å². The van der Waals surface area contributed by atoms with Gasteiger partial charge < -0.3 is 10.6 Å². The third-order valence-corrected chi connectivity index (χ3v) is 5.88. The quantitative estimate of drug-likeness (QED) is 0.674. The molecule has 2 heterocycles. The molecule has 1 aliphatic carbocycles. The van der Waals surface area contributed by atoms with Gasteiger partial charge in [-0.05, 0) is 48.8 Å². The zero-order valence-electron chi connectivity index (χ0n) is 17.5. The molecule has 158 valence electrons. The van der Waals surface area contributed by atoms with Crippen molar-refractivity contribution in [2.24, 2.45) is 11.3 Å². The molecule has 4 rings (SSSR count). The molecular formula is C22H27N5O3. The van der Waals surface area contributed by atoms with Gasteiger partial charge in [0.25, 0.3) is 5.91 Å². The first-order valence-electron chi connectivity index (χ1n) is 10.2. The van der Waals surface area contributed by atoms with Crippen LogP contribution >= 0.6 is 0 Å². The fraction of sp³-hybridized carbons (Fsp3) is 0.455. The standard InChI is InChI=1S/C22H27N5O3/c1-14-10-21(2,3)13-22(11-14)19(29)27(20(30)25-22)12-18(28)24-16-6-4-5-15(9-16)17-7-8-23-26-17/h4-9,14H,10-13H2,1-3H3,(H,23,26)(H,24,28)(H,25,30)/t14-,22+/m0/s1. The first kappa shape index (κ1) is 20.1. The van der Waals surface area contributed by atoms with E-state index in [2.05, 4.69) is 41.6 Å². The van der Waals surface area contributed by atoms with Gasteiger partial charge in [0.1, 0.15) is 12.1 Å². The minimum atomic E-state index is -0.904. The van der Waals surface area contributed by atoms with Crippen molar-refractivity contribution in [3.8, 4) is 11.3 Å². The van der Waals surface area contributed by atoms with Gasteiger partial charge in [-0.1, -0.05) is 32.9 Å². The lowest BCUT2D eigenvalue weighted by atomic mass is 9.64. The number of rotatable bonds is 4. The summed E-state index contributed by atoms with van der Waals surface area (Å²) >= 11 is 0. The summed E-state index contributed by atoms with van der Waals surface area (Å²) < 4.78 is 0. The van der Waals surface area contributed by atoms with Crippen molar-refractivity contribution in [2.45, 2.75) is 45.6 Å². The Kier molecular flexibility index (Phi) is 4.88. The highest BCUT2D eigenvalue weighted by atomic mass is 16.2. The minimum Gasteiger partial charge on any atom is -0.325 e. The average Bonchev–Trinajstić information content (AvgIpc) is 3.24. The number of carbonyl (C=O) groups excluding carboxylic acids is 3. The normalized spacial score (nSPS) is 25.4. The number of aromatic amines is 1. The van der Waals surface area contributed by atoms with Gasteiger partial charge >= 0.3 is 6.03 Å². The van der Waals surface area contributed by atoms with Crippen molar-refractivity contribution < 1.29 is 14.4 Å². The van der Waals surface area contributed by atoms with Crippen molar-refractivity contribution in [3.63, 3.8) is 0 Å². The van der Waals surface area contributed by atoms with Gasteiger partial charge in [-0.15, -0.1) is 0 Å². The lowest BCUT2D eigenvalue weighted by molar-refractivity contribution is -0.136. The lowest BCUT2D eigenvalue weighted by Gasteiger charge is -2.43. The SMILES string of the molecule is C[C@H]1CC(C)(C)C[C@@]2(C1)NC(=O)N(CC(=O)Nc1cccc(-c3ccn[nH]3)c1)C2=O. The molecular weight excluding hydrogens is 382 g/mol. The van der Waals surface area contributed by atoms with Gasteiger partial charge in [-0.2, -0.15) is 5.10 Å². The molecule has 8 nitrogen and oxygen atoms in total. The van der Waals surface area contributed by atoms with Crippen LogP contribution in [0.2, 0.25) is 0 Å². The van der Waals surface area contributed by atoms with E-state index in [-0.39, 0.29) is 17.9 Å². The number of hydrogen-bond donors (Lipinski definition) is 3. The van der Waals surface area contributed by atoms with E-state index in [9.17, 15) is 14.4 Å². The minimum absolute atomic E-state index is 0.0496. The number of nitrogens with zero attached hydrogens (tertiary/aromatic N) is 2. The van der Waals surface area contributed by atoms with Crippen LogP contribution in [-0.4, -0.2) is 45.0 Å². The summed E-state index contributed by atoms with van der Waals surface area (Å²) in [5.41, 5.74) is 1.33. The molecule has 0 unspecified atom stereocenters. The van der Waals surface area contributed by atoms with Crippen LogP contribution in [0.3, 0.4) is 0 Å². The van der Waals surface area contributed by atoms with Gasteiger partial charge in [0.15, 0.2) is 0 Å². The number of amides is 4. The van der Waals surface area contributed by atoms with Crippen molar-refractivity contribution in [2.75, 3.05) is 11.9 Å². The molecule has 1 aromatic heterocycles. The van der Waals surface area contributed by atoms with E-state index < -0.39 is 17.5 Å². The van der Waals surface area contributed by atoms with Gasteiger partial charge in [0, 0.05) is 17.4 Å². The zero-order valence-corrected chi connectivity index (χ0v) is 17.5. The number of anilines is 1. The summed E-state index contributed by atoms with van der Waals surface area (Å²) in [5, 5.41) is 12.5. The zero-order chi connectivity index (χ0) is 21.5. The topological polar surface area (TPSA) is 107 Å². The van der Waals surface area contributed by atoms with E-state index in [0.29, 0.717) is 24.4 Å². The van der Waals surface area contributed by atoms with Crippen molar-refractivity contribution >= 4 is 23.5 Å². The lowest BCUT2D eigenvalue weighted by Crippen LogP contribution is -2.54. The summed E-state index contributed by atoms with van der Waals surface area (Å²) in [7, 11) is 0. The van der Waals surface area contributed by atoms with Gasteiger partial charge in [-0.3, -0.25) is 19.6 Å². The Hall–Kier alpha value is -3.16. The Labute approximate surface area is 175 Å². The predicted molar refractivity (Wildman–Crippen MR) is 112 cm³/mol. The fourth-order valence-corrected chi connectivity index (χ4v) is 5.17. The van der Waals surface area contributed by atoms with Crippen molar-refractivity contribution in [1.82, 2.24) is 20.4 Å². The Bertz CT molecular complexity index is 984. The van der Waals surface area contributed by atoms with Crippen molar-refractivity contribution in [3.05, 3.63) is 36.5 Å². The number of benzene rings is 1. The first-order chi connectivity index (χ1) is 14.2. The van der Waals surface area contributed by atoms with Crippen LogP contribution in [0.15, 0.2) is 36.5 Å². The summed E-state index contributed by atoms with van der Waals surface area (Å²) in [6.07, 6.45) is 3.84. The Balaban J connectivity index is 1.46. The molecule has 1 saturated carbocycles. The van der Waals surface area contributed by atoms with Gasteiger partial charge in [-0.25, -0.2) is 4.79 Å². The second-order valence-corrected chi connectivity index (χ2v) is 9.36. The maximum Gasteiger partial charge on any atom is 0.325 e. The third kappa shape index (κ3) is 3.81. The van der Waals surface area contributed by atoms with E-state index in [1.807, 2.05) is 24.3 Å². The largest absolute Gasteiger partial charge is 0.325 e. The van der Waals surface area contributed by atoms with Gasteiger partial charge in [0.2, 0.25) is 5.91 Å². The monoisotopic (exact) mass is 409 g/mol. The number of aromatic nitrogens is 2. The van der Waals surface area contributed by atoms with Gasteiger partial charge in [0.05, 0.1) is 5.69 Å². The number of nitrogens with one attached hydrogen (secondary N) is 3. The highest BCUT2D eigenvalue weighted by Crippen LogP contribution is 2.46. The highest BCUT2D eigenvalue weighted by Gasteiger charge is 2.56. The number of urea groups is 1. The van der Waals surface area contributed by atoms with E-state index >= 15 is 0 Å². The highest BCUT2D eigenvalue weighted by molar-refractivity contribution is 6.10. The fourth-order valence-electron chi connectivity index (χ4n) is 5.17. The number of imide groups is 1. The molecule has 3 N–H and O–H groups in total. The Morgan fingerprint density at radius 3 is 2.77 bits per heavy atom. The second kappa shape index (κ2) is 7.27. The molecule has 1 saturated heterocycles. The van der Waals surface area contributed by atoms with Crippen LogP contribution < -0.4 is 10.6 Å². The Morgan fingerprint density at radius 1 is 1.27 bits per heavy atom. The van der Waals surface area contributed by atoms with Crippen molar-refractivity contribution in [1.29, 1.82) is 0 Å². The molecule has 1 spiro atoms. The summed E-state index contributed by atoms with van der Waals surface area (Å²) in [6, 6.07) is 8.63. The maximum atomic E-state index is 13.2. The van der Waals surface area contributed by atoms with E-state index in [1.54, 1.807) is 12.3 Å². The molecule has 30 heavy (non-hydrogen) atoms. The smallest absolute Gasteiger partial charge is 0.325 e. The Morgan fingerprint density at radius 2 is 2.07 bits per heavy atom. The van der Waals surface area contributed by atoms with Crippen LogP contribution in [0, 0.1) is 11.3 Å². The van der Waals surface area contributed by atoms with Crippen LogP contribution in [0.25, 0.3) is 11.3 Å². The molecule has 1 aliphatic heterocycles. The molecule has 0 radical (unpaired) electrons. The maximum absolute atomic E-state index is 13.2. The van der Waals surface area contributed by atoms with E-state index in [4.69, 9.17) is 0 Å². The van der Waals surface area contributed by atoms with Crippen LogP contribution in [0.1, 0.15) is 40.0 Å². The summed E-state index contributed by atoms with van der Waals surface area (Å²) in [5.74, 6) is -0.397. The number of hydrogen-bond acceptors (Lipinski definition) is 4. The number of H-pyrrole nitrogens is 1. The molecule has 0 bridgehead atoms. The third-order valence-electron chi connectivity index (χ3n) is 5.88. The molecule has 2 aromatic rings. The van der Waals surface area contributed by atoms with E-state index in [0.717, 1.165) is 22.6 Å². The first-order valence-corrected chi connectivity index (χ1v) is 10.2. The molecule has 8 heteroatoms. The molecule has 2 fully saturated rings. The molecule has 2 aliphatic rings. The van der Waals surface area contributed by atoms with Crippen LogP contribution in [0.5, 0.6) is 0 Å².